The van der Waals surface area contributed by atoms with E-state index in [9.17, 15) is 22.0 Å². The van der Waals surface area contributed by atoms with Crippen LogP contribution < -0.4 is 13.8 Å². The fourth-order valence-electron chi connectivity index (χ4n) is 3.98. The molecule has 206 valence electrons. The molecule has 1 aliphatic rings. The Hall–Kier alpha value is -3.34. The summed E-state index contributed by atoms with van der Waals surface area (Å²) in [5.74, 6) is -0.489. The van der Waals surface area contributed by atoms with E-state index in [0.717, 1.165) is 10.4 Å². The van der Waals surface area contributed by atoms with Crippen molar-refractivity contribution in [3.8, 4) is 11.5 Å². The second-order valence-corrected chi connectivity index (χ2v) is 11.1. The smallest absolute Gasteiger partial charge is 0.387 e. The van der Waals surface area contributed by atoms with Crippen LogP contribution in [-0.2, 0) is 19.6 Å². The second-order valence-electron chi connectivity index (χ2n) is 8.44. The largest absolute Gasteiger partial charge is 0.486 e. The predicted molar refractivity (Wildman–Crippen MR) is 145 cm³/mol. The minimum atomic E-state index is -4.26. The van der Waals surface area contributed by atoms with Crippen LogP contribution >= 0.6 is 23.2 Å². The number of fused-ring (bicyclic) bond motifs is 1. The summed E-state index contributed by atoms with van der Waals surface area (Å²) in [5.41, 5.74) is 1.45. The number of benzene rings is 3. The van der Waals surface area contributed by atoms with Crippen LogP contribution in [0.1, 0.15) is 24.0 Å². The van der Waals surface area contributed by atoms with Crippen molar-refractivity contribution in [3.05, 3.63) is 81.8 Å². The maximum Gasteiger partial charge on any atom is 0.387 e. The van der Waals surface area contributed by atoms with Crippen molar-refractivity contribution in [1.82, 2.24) is 0 Å². The molecule has 1 unspecified atom stereocenters. The van der Waals surface area contributed by atoms with Crippen LogP contribution in [-0.4, -0.2) is 40.8 Å². The molecule has 0 aliphatic carbocycles. The molecule has 0 radical (unpaired) electrons. The van der Waals surface area contributed by atoms with Gasteiger partial charge in [-0.3, -0.25) is 9.10 Å². The summed E-state index contributed by atoms with van der Waals surface area (Å²) in [7, 11) is -3.00. The summed E-state index contributed by atoms with van der Waals surface area (Å²) in [4.78, 5) is 11.4. The first-order valence-electron chi connectivity index (χ1n) is 11.7. The molecule has 0 fully saturated rings. The molecule has 1 heterocycles. The monoisotopic (exact) mass is 597 g/mol. The first-order valence-corrected chi connectivity index (χ1v) is 13.9. The minimum absolute atomic E-state index is 0.0154. The van der Waals surface area contributed by atoms with Crippen molar-refractivity contribution >= 4 is 57.0 Å². The standard InChI is InChI=1S/C27H23Cl2F2NO6S/c1-36-26(33)13-10-19-16-32(39(34,35)20-5-2-4-18(15-20)38-27(30)31)24-14-17(9-12-25(24)37-19)8-11-21-22(28)6-3-7-23(21)29/h2-9,11-12,14-15,19,27H,10,13,16H2,1H3. The number of alkyl halides is 2. The van der Waals surface area contributed by atoms with E-state index >= 15 is 0 Å². The highest BCUT2D eigenvalue weighted by atomic mass is 35.5. The number of sulfonamides is 1. The van der Waals surface area contributed by atoms with Crippen LogP contribution in [0.2, 0.25) is 10.0 Å². The van der Waals surface area contributed by atoms with Crippen molar-refractivity contribution < 1.29 is 36.2 Å². The molecular formula is C27H23Cl2F2NO6S. The molecule has 0 amide bonds. The van der Waals surface area contributed by atoms with Crippen molar-refractivity contribution in [2.75, 3.05) is 18.0 Å². The molecule has 1 atom stereocenters. The molecule has 0 aromatic heterocycles. The molecule has 4 rings (SSSR count). The van der Waals surface area contributed by atoms with E-state index in [0.29, 0.717) is 21.2 Å². The maximum absolute atomic E-state index is 13.8. The van der Waals surface area contributed by atoms with Gasteiger partial charge in [-0.05, 0) is 48.4 Å². The normalized spacial score (nSPS) is 15.2. The van der Waals surface area contributed by atoms with Gasteiger partial charge in [0, 0.05) is 28.1 Å². The lowest BCUT2D eigenvalue weighted by Crippen LogP contribution is -2.43. The summed E-state index contributed by atoms with van der Waals surface area (Å²) in [6.45, 7) is -3.24. The lowest BCUT2D eigenvalue weighted by Gasteiger charge is -2.35. The van der Waals surface area contributed by atoms with Crippen molar-refractivity contribution in [2.45, 2.75) is 30.5 Å². The molecule has 0 spiro atoms. The number of nitrogens with zero attached hydrogens (tertiary/aromatic N) is 1. The Bertz CT molecular complexity index is 1480. The van der Waals surface area contributed by atoms with Gasteiger partial charge in [-0.15, -0.1) is 0 Å². The predicted octanol–water partition coefficient (Wildman–Crippen LogP) is 6.67. The van der Waals surface area contributed by atoms with Crippen molar-refractivity contribution in [3.63, 3.8) is 0 Å². The number of rotatable bonds is 9. The molecule has 0 bridgehead atoms. The number of esters is 1. The molecule has 0 saturated heterocycles. The minimum Gasteiger partial charge on any atom is -0.486 e. The Kier molecular flexibility index (Phi) is 8.99. The highest BCUT2D eigenvalue weighted by molar-refractivity contribution is 7.92. The number of anilines is 1. The first-order chi connectivity index (χ1) is 18.6. The Balaban J connectivity index is 1.73. The Morgan fingerprint density at radius 3 is 2.51 bits per heavy atom. The third kappa shape index (κ3) is 6.81. The van der Waals surface area contributed by atoms with Gasteiger partial charge < -0.3 is 14.2 Å². The summed E-state index contributed by atoms with van der Waals surface area (Å²) in [6, 6.07) is 14.9. The Morgan fingerprint density at radius 2 is 1.82 bits per heavy atom. The Labute approximate surface area is 234 Å². The molecule has 3 aromatic carbocycles. The molecule has 1 aliphatic heterocycles. The number of ether oxygens (including phenoxy) is 3. The summed E-state index contributed by atoms with van der Waals surface area (Å²) in [5, 5.41) is 0.896. The molecule has 3 aromatic rings. The lowest BCUT2D eigenvalue weighted by atomic mass is 10.1. The number of carbonyl (C=O) groups excluding carboxylic acids is 1. The summed E-state index contributed by atoms with van der Waals surface area (Å²) >= 11 is 12.5. The van der Waals surface area contributed by atoms with Gasteiger partial charge in [0.15, 0.2) is 0 Å². The number of hydrogen-bond acceptors (Lipinski definition) is 6. The highest BCUT2D eigenvalue weighted by Crippen LogP contribution is 2.39. The van der Waals surface area contributed by atoms with Crippen LogP contribution in [0.15, 0.2) is 65.6 Å². The zero-order valence-electron chi connectivity index (χ0n) is 20.5. The van der Waals surface area contributed by atoms with E-state index in [-0.39, 0.29) is 41.5 Å². The van der Waals surface area contributed by atoms with E-state index in [1.54, 1.807) is 48.6 Å². The van der Waals surface area contributed by atoms with E-state index in [2.05, 4.69) is 9.47 Å². The zero-order valence-corrected chi connectivity index (χ0v) is 22.8. The van der Waals surface area contributed by atoms with Crippen LogP contribution in [0.3, 0.4) is 0 Å². The molecule has 0 N–H and O–H groups in total. The third-order valence-electron chi connectivity index (χ3n) is 5.87. The van der Waals surface area contributed by atoms with Gasteiger partial charge in [0.25, 0.3) is 10.0 Å². The van der Waals surface area contributed by atoms with Crippen molar-refractivity contribution in [2.24, 2.45) is 0 Å². The molecule has 7 nitrogen and oxygen atoms in total. The van der Waals surface area contributed by atoms with Gasteiger partial charge in [0.1, 0.15) is 17.6 Å². The average molecular weight is 598 g/mol. The number of carbonyl (C=O) groups is 1. The zero-order chi connectivity index (χ0) is 28.2. The van der Waals surface area contributed by atoms with E-state index in [1.807, 2.05) is 0 Å². The van der Waals surface area contributed by atoms with Crippen molar-refractivity contribution in [1.29, 1.82) is 0 Å². The van der Waals surface area contributed by atoms with Crippen LogP contribution in [0.25, 0.3) is 12.2 Å². The van der Waals surface area contributed by atoms with Gasteiger partial charge in [-0.1, -0.05) is 53.6 Å². The fraction of sp³-hybridized carbons (Fsp3) is 0.222. The highest BCUT2D eigenvalue weighted by Gasteiger charge is 2.35. The van der Waals surface area contributed by atoms with Crippen LogP contribution in [0.5, 0.6) is 11.5 Å². The van der Waals surface area contributed by atoms with E-state index in [1.165, 1.54) is 25.3 Å². The molecule has 0 saturated carbocycles. The van der Waals surface area contributed by atoms with Crippen LogP contribution in [0.4, 0.5) is 14.5 Å². The third-order valence-corrected chi connectivity index (χ3v) is 8.31. The lowest BCUT2D eigenvalue weighted by molar-refractivity contribution is -0.141. The molecule has 12 heteroatoms. The van der Waals surface area contributed by atoms with Gasteiger partial charge >= 0.3 is 12.6 Å². The number of halogens is 4. The maximum atomic E-state index is 13.8. The molecule has 39 heavy (non-hydrogen) atoms. The average Bonchev–Trinajstić information content (AvgIpc) is 2.90. The Morgan fingerprint density at radius 1 is 1.10 bits per heavy atom. The topological polar surface area (TPSA) is 82.1 Å². The fourth-order valence-corrected chi connectivity index (χ4v) is 6.04. The van der Waals surface area contributed by atoms with E-state index in [4.69, 9.17) is 27.9 Å². The van der Waals surface area contributed by atoms with Gasteiger partial charge in [0.05, 0.1) is 24.2 Å². The molecular weight excluding hydrogens is 575 g/mol. The number of methoxy groups -OCH3 is 1. The SMILES string of the molecule is COC(=O)CCC1CN(S(=O)(=O)c2cccc(OC(F)F)c2)c2cc(C=Cc3c(Cl)cccc3Cl)ccc2O1. The first kappa shape index (κ1) is 28.7. The van der Waals surface area contributed by atoms with Gasteiger partial charge in [-0.2, -0.15) is 8.78 Å². The van der Waals surface area contributed by atoms with Gasteiger partial charge in [0.2, 0.25) is 0 Å². The van der Waals surface area contributed by atoms with Gasteiger partial charge in [-0.25, -0.2) is 8.42 Å². The summed E-state index contributed by atoms with van der Waals surface area (Å²) in [6.07, 6.45) is 2.97. The second kappa shape index (κ2) is 12.2. The summed E-state index contributed by atoms with van der Waals surface area (Å²) < 4.78 is 69.3. The quantitative estimate of drug-likeness (QED) is 0.202. The number of hydrogen-bond donors (Lipinski definition) is 0. The van der Waals surface area contributed by atoms with E-state index < -0.39 is 28.7 Å². The van der Waals surface area contributed by atoms with Crippen LogP contribution in [0, 0.1) is 0 Å².